The highest BCUT2D eigenvalue weighted by Crippen LogP contribution is 2.19. The summed E-state index contributed by atoms with van der Waals surface area (Å²) in [6, 6.07) is 0. The van der Waals surface area contributed by atoms with Crippen molar-refractivity contribution in [3.8, 4) is 0 Å². The molecular formula is C7H11NS. The van der Waals surface area contributed by atoms with E-state index >= 15 is 0 Å². The third kappa shape index (κ3) is 2.22. The van der Waals surface area contributed by atoms with Crippen LogP contribution in [0, 0.1) is 0 Å². The molecule has 0 unspecified atom stereocenters. The molecule has 0 atom stereocenters. The van der Waals surface area contributed by atoms with Crippen molar-refractivity contribution in [2.45, 2.75) is 20.3 Å². The third-order valence-electron chi connectivity index (χ3n) is 1.20. The van der Waals surface area contributed by atoms with Crippen LogP contribution in [0.4, 0.5) is 0 Å². The quantitative estimate of drug-likeness (QED) is 0.504. The van der Waals surface area contributed by atoms with Gasteiger partial charge >= 0.3 is 0 Å². The molecule has 0 aromatic heterocycles. The Bertz CT molecular complexity index is 140. The summed E-state index contributed by atoms with van der Waals surface area (Å²) in [6.07, 6.45) is 3.35. The van der Waals surface area contributed by atoms with Crippen LogP contribution in [0.2, 0.25) is 0 Å². The van der Waals surface area contributed by atoms with Crippen LogP contribution in [-0.2, 0) is 0 Å². The highest BCUT2D eigenvalue weighted by atomic mass is 32.2. The summed E-state index contributed by atoms with van der Waals surface area (Å²) in [5.41, 5.74) is 0. The molecule has 9 heavy (non-hydrogen) atoms. The minimum Gasteiger partial charge on any atom is -0.283 e. The zero-order valence-electron chi connectivity index (χ0n) is 5.85. The summed E-state index contributed by atoms with van der Waals surface area (Å²) in [5.74, 6) is 0. The molecule has 1 aliphatic rings. The molecular weight excluding hydrogens is 130 g/mol. The highest BCUT2D eigenvalue weighted by Gasteiger charge is 1.97. The van der Waals surface area contributed by atoms with Crippen molar-refractivity contribution in [3.63, 3.8) is 0 Å². The molecule has 0 aromatic carbocycles. The molecule has 0 aromatic rings. The van der Waals surface area contributed by atoms with Crippen molar-refractivity contribution in [3.05, 3.63) is 11.0 Å². The lowest BCUT2D eigenvalue weighted by molar-refractivity contribution is 1.01. The van der Waals surface area contributed by atoms with Gasteiger partial charge in [-0.1, -0.05) is 17.8 Å². The number of rotatable bonds is 0. The molecule has 0 aliphatic carbocycles. The fraction of sp³-hybridized carbons (Fsp3) is 0.571. The van der Waals surface area contributed by atoms with Crippen molar-refractivity contribution in [2.24, 2.45) is 4.99 Å². The number of aliphatic imine (C=N–C) groups is 1. The molecule has 0 amide bonds. The van der Waals surface area contributed by atoms with E-state index < -0.39 is 0 Å². The van der Waals surface area contributed by atoms with Gasteiger partial charge in [-0.2, -0.15) is 0 Å². The molecule has 0 spiro atoms. The minimum atomic E-state index is 0.968. The molecule has 1 aliphatic heterocycles. The Balaban J connectivity index is 2.61. The van der Waals surface area contributed by atoms with Crippen LogP contribution in [0.25, 0.3) is 0 Å². The maximum atomic E-state index is 4.30. The minimum absolute atomic E-state index is 0.968. The second kappa shape index (κ2) is 3.06. The SMILES string of the molecule is CC1=CCCN=C(C)S1. The molecule has 0 saturated carbocycles. The maximum Gasteiger partial charge on any atom is 0.0689 e. The van der Waals surface area contributed by atoms with Gasteiger partial charge in [0.15, 0.2) is 0 Å². The first-order valence-corrected chi connectivity index (χ1v) is 3.96. The number of hydrogen-bond acceptors (Lipinski definition) is 2. The first-order chi connectivity index (χ1) is 4.29. The molecule has 0 bridgehead atoms. The van der Waals surface area contributed by atoms with E-state index in [1.165, 1.54) is 9.95 Å². The smallest absolute Gasteiger partial charge is 0.0689 e. The summed E-state index contributed by atoms with van der Waals surface area (Å²) in [6.45, 7) is 5.17. The Kier molecular flexibility index (Phi) is 2.34. The number of nitrogens with zero attached hydrogens (tertiary/aromatic N) is 1. The van der Waals surface area contributed by atoms with Gasteiger partial charge in [-0.25, -0.2) is 0 Å². The van der Waals surface area contributed by atoms with Crippen molar-refractivity contribution in [2.75, 3.05) is 6.54 Å². The van der Waals surface area contributed by atoms with Gasteiger partial charge in [-0.3, -0.25) is 4.99 Å². The van der Waals surface area contributed by atoms with Crippen molar-refractivity contribution in [1.29, 1.82) is 0 Å². The van der Waals surface area contributed by atoms with E-state index in [1.807, 2.05) is 0 Å². The fourth-order valence-electron chi connectivity index (χ4n) is 0.797. The summed E-state index contributed by atoms with van der Waals surface area (Å²) < 4.78 is 0. The molecule has 0 radical (unpaired) electrons. The molecule has 1 heterocycles. The van der Waals surface area contributed by atoms with Crippen molar-refractivity contribution < 1.29 is 0 Å². The fourth-order valence-corrected chi connectivity index (χ4v) is 1.62. The zero-order chi connectivity index (χ0) is 6.69. The van der Waals surface area contributed by atoms with Gasteiger partial charge in [0.25, 0.3) is 0 Å². The first-order valence-electron chi connectivity index (χ1n) is 3.15. The van der Waals surface area contributed by atoms with Crippen LogP contribution < -0.4 is 0 Å². The zero-order valence-corrected chi connectivity index (χ0v) is 6.66. The van der Waals surface area contributed by atoms with Crippen molar-refractivity contribution in [1.82, 2.24) is 0 Å². The van der Waals surface area contributed by atoms with Crippen molar-refractivity contribution >= 4 is 16.8 Å². The Morgan fingerprint density at radius 3 is 3.11 bits per heavy atom. The van der Waals surface area contributed by atoms with Crippen LogP contribution in [0.5, 0.6) is 0 Å². The first kappa shape index (κ1) is 6.87. The van der Waals surface area contributed by atoms with E-state index in [0.29, 0.717) is 0 Å². The molecule has 0 saturated heterocycles. The summed E-state index contributed by atoms with van der Waals surface area (Å²) >= 11 is 1.77. The van der Waals surface area contributed by atoms with E-state index in [2.05, 4.69) is 24.9 Å². The Morgan fingerprint density at radius 1 is 1.56 bits per heavy atom. The number of thioether (sulfide) groups is 1. The summed E-state index contributed by atoms with van der Waals surface area (Å²) in [7, 11) is 0. The number of allylic oxidation sites excluding steroid dienone is 1. The van der Waals surface area contributed by atoms with Gasteiger partial charge in [0.05, 0.1) is 5.04 Å². The van der Waals surface area contributed by atoms with Gasteiger partial charge in [-0.05, 0) is 25.2 Å². The summed E-state index contributed by atoms with van der Waals surface area (Å²) in [5, 5.41) is 1.20. The van der Waals surface area contributed by atoms with E-state index in [1.54, 1.807) is 11.8 Å². The molecule has 2 heteroatoms. The lowest BCUT2D eigenvalue weighted by Crippen LogP contribution is -1.81. The van der Waals surface area contributed by atoms with Crippen LogP contribution >= 0.6 is 11.8 Å². The van der Waals surface area contributed by atoms with Crippen LogP contribution in [0.1, 0.15) is 20.3 Å². The average molecular weight is 141 g/mol. The molecule has 1 nitrogen and oxygen atoms in total. The van der Waals surface area contributed by atoms with Crippen LogP contribution in [-0.4, -0.2) is 11.6 Å². The van der Waals surface area contributed by atoms with Gasteiger partial charge in [0, 0.05) is 6.54 Å². The van der Waals surface area contributed by atoms with Gasteiger partial charge < -0.3 is 0 Å². The topological polar surface area (TPSA) is 12.4 Å². The van der Waals surface area contributed by atoms with E-state index in [9.17, 15) is 0 Å². The standard InChI is InChI=1S/C7H11NS/c1-6-4-3-5-8-7(2)9-6/h4H,3,5H2,1-2H3. The van der Waals surface area contributed by atoms with Crippen LogP contribution in [0.3, 0.4) is 0 Å². The lowest BCUT2D eigenvalue weighted by Gasteiger charge is -1.93. The van der Waals surface area contributed by atoms with E-state index in [-0.39, 0.29) is 0 Å². The molecule has 1 rings (SSSR count). The largest absolute Gasteiger partial charge is 0.283 e. The average Bonchev–Trinajstić information content (AvgIpc) is 1.93. The maximum absolute atomic E-state index is 4.30. The Labute approximate surface area is 60.3 Å². The molecule has 0 fully saturated rings. The monoisotopic (exact) mass is 141 g/mol. The Hall–Kier alpha value is -0.240. The van der Waals surface area contributed by atoms with Gasteiger partial charge in [-0.15, -0.1) is 0 Å². The van der Waals surface area contributed by atoms with Crippen LogP contribution in [0.15, 0.2) is 16.0 Å². The Morgan fingerprint density at radius 2 is 2.33 bits per heavy atom. The normalized spacial score (nSPS) is 20.2. The second-order valence-corrected chi connectivity index (χ2v) is 3.55. The van der Waals surface area contributed by atoms with Gasteiger partial charge in [0.2, 0.25) is 0 Å². The molecule has 0 N–H and O–H groups in total. The van der Waals surface area contributed by atoms with Gasteiger partial charge in [0.1, 0.15) is 0 Å². The number of hydrogen-bond donors (Lipinski definition) is 0. The lowest BCUT2D eigenvalue weighted by atomic mass is 10.4. The molecule has 50 valence electrons. The van der Waals surface area contributed by atoms with E-state index in [4.69, 9.17) is 0 Å². The predicted octanol–water partition coefficient (Wildman–Crippen LogP) is 2.45. The highest BCUT2D eigenvalue weighted by molar-refractivity contribution is 8.17. The second-order valence-electron chi connectivity index (χ2n) is 2.11. The predicted molar refractivity (Wildman–Crippen MR) is 43.9 cm³/mol. The summed E-state index contributed by atoms with van der Waals surface area (Å²) in [4.78, 5) is 5.68. The third-order valence-corrected chi connectivity index (χ3v) is 2.12. The van der Waals surface area contributed by atoms with E-state index in [0.717, 1.165) is 13.0 Å².